The number of ether oxygens (including phenoxy) is 1. The molecule has 0 radical (unpaired) electrons. The van der Waals surface area contributed by atoms with Crippen LogP contribution in [0.3, 0.4) is 0 Å². The van der Waals surface area contributed by atoms with Crippen molar-refractivity contribution in [2.75, 3.05) is 24.3 Å². The molecule has 4 rings (SSSR count). The maximum Gasteiger partial charge on any atom is 0.224 e. The van der Waals surface area contributed by atoms with Crippen molar-refractivity contribution in [3.05, 3.63) is 41.7 Å². The molecule has 1 aromatic carbocycles. The van der Waals surface area contributed by atoms with E-state index < -0.39 is 0 Å². The van der Waals surface area contributed by atoms with Crippen LogP contribution in [0.2, 0.25) is 0 Å². The van der Waals surface area contributed by atoms with E-state index in [1.54, 1.807) is 13.3 Å². The Bertz CT molecular complexity index is 1020. The Morgan fingerprint density at radius 3 is 2.93 bits per heavy atom. The summed E-state index contributed by atoms with van der Waals surface area (Å²) in [4.78, 5) is 12.2. The number of hydrogen-bond acceptors (Lipinski definition) is 6. The van der Waals surface area contributed by atoms with Gasteiger partial charge in [-0.2, -0.15) is 10.2 Å². The zero-order valence-electron chi connectivity index (χ0n) is 16.7. The number of aromatic amines is 1. The van der Waals surface area contributed by atoms with Gasteiger partial charge in [0, 0.05) is 24.2 Å². The normalized spacial score (nSPS) is 14.5. The molecule has 0 spiro atoms. The summed E-state index contributed by atoms with van der Waals surface area (Å²) in [5, 5.41) is 17.3. The van der Waals surface area contributed by atoms with Crippen LogP contribution in [0.15, 0.2) is 30.6 Å². The Kier molecular flexibility index (Phi) is 5.80. The number of benzene rings is 1. The number of nitrogens with one attached hydrogen (secondary N) is 3. The lowest BCUT2D eigenvalue weighted by Gasteiger charge is -2.23. The topological polar surface area (TPSA) is 98.7 Å². The fourth-order valence-corrected chi connectivity index (χ4v) is 3.97. The van der Waals surface area contributed by atoms with Crippen molar-refractivity contribution in [3.8, 4) is 11.8 Å². The standard InChI is InChI=1S/C22H26N6O/c1-29-19-9-5-8-18-15(13-25-20(18)19)10-11-24-22-26-14-16(12-23)21(28-22)27-17-6-3-2-4-7-17/h5,8-9,13-14,17,25H,2-4,6-7,10-11H2,1H3,(H2,24,26,27,28). The van der Waals surface area contributed by atoms with Crippen LogP contribution in [0.1, 0.15) is 43.2 Å². The maximum atomic E-state index is 9.38. The summed E-state index contributed by atoms with van der Waals surface area (Å²) < 4.78 is 5.41. The lowest BCUT2D eigenvalue weighted by Crippen LogP contribution is -2.24. The van der Waals surface area contributed by atoms with E-state index in [0.717, 1.165) is 35.9 Å². The van der Waals surface area contributed by atoms with Crippen LogP contribution in [0.25, 0.3) is 10.9 Å². The summed E-state index contributed by atoms with van der Waals surface area (Å²) in [5.74, 6) is 2.02. The summed E-state index contributed by atoms with van der Waals surface area (Å²) in [5.41, 5.74) is 2.71. The predicted molar refractivity (Wildman–Crippen MR) is 114 cm³/mol. The number of nitrogens with zero attached hydrogens (tertiary/aromatic N) is 3. The molecule has 7 nitrogen and oxygen atoms in total. The molecule has 150 valence electrons. The average molecular weight is 390 g/mol. The number of methoxy groups -OCH3 is 1. The molecular formula is C22H26N6O. The Morgan fingerprint density at radius 2 is 2.14 bits per heavy atom. The molecule has 29 heavy (non-hydrogen) atoms. The Morgan fingerprint density at radius 1 is 1.28 bits per heavy atom. The van der Waals surface area contributed by atoms with Crippen molar-refractivity contribution in [1.29, 1.82) is 5.26 Å². The minimum absolute atomic E-state index is 0.389. The largest absolute Gasteiger partial charge is 0.495 e. The van der Waals surface area contributed by atoms with Gasteiger partial charge in [0.15, 0.2) is 0 Å². The fraction of sp³-hybridized carbons (Fsp3) is 0.409. The molecule has 0 unspecified atom stereocenters. The minimum Gasteiger partial charge on any atom is -0.495 e. The lowest BCUT2D eigenvalue weighted by molar-refractivity contribution is 0.419. The lowest BCUT2D eigenvalue weighted by atomic mass is 9.95. The molecule has 1 aliphatic carbocycles. The van der Waals surface area contributed by atoms with Crippen LogP contribution in [0.4, 0.5) is 11.8 Å². The van der Waals surface area contributed by atoms with E-state index in [2.05, 4.69) is 37.7 Å². The zero-order valence-corrected chi connectivity index (χ0v) is 16.7. The number of para-hydroxylation sites is 1. The van der Waals surface area contributed by atoms with Gasteiger partial charge in [0.05, 0.1) is 18.8 Å². The molecule has 7 heteroatoms. The number of aromatic nitrogens is 3. The second-order valence-electron chi connectivity index (χ2n) is 7.42. The van der Waals surface area contributed by atoms with Crippen LogP contribution in [0, 0.1) is 11.3 Å². The van der Waals surface area contributed by atoms with Gasteiger partial charge in [0.2, 0.25) is 5.95 Å². The highest BCUT2D eigenvalue weighted by atomic mass is 16.5. The first-order valence-corrected chi connectivity index (χ1v) is 10.2. The maximum absolute atomic E-state index is 9.38. The third-order valence-electron chi connectivity index (χ3n) is 5.52. The molecule has 2 heterocycles. The average Bonchev–Trinajstić information content (AvgIpc) is 3.18. The molecule has 0 saturated heterocycles. The van der Waals surface area contributed by atoms with Crippen LogP contribution in [-0.2, 0) is 6.42 Å². The summed E-state index contributed by atoms with van der Waals surface area (Å²) >= 11 is 0. The van der Waals surface area contributed by atoms with Crippen LogP contribution in [0.5, 0.6) is 5.75 Å². The predicted octanol–water partition coefficient (Wildman–Crippen LogP) is 4.24. The fourth-order valence-electron chi connectivity index (χ4n) is 3.97. The van der Waals surface area contributed by atoms with Crippen molar-refractivity contribution in [2.24, 2.45) is 0 Å². The van der Waals surface area contributed by atoms with E-state index >= 15 is 0 Å². The molecule has 2 aromatic heterocycles. The molecule has 0 aliphatic heterocycles. The van der Waals surface area contributed by atoms with E-state index in [-0.39, 0.29) is 0 Å². The molecule has 3 aromatic rings. The summed E-state index contributed by atoms with van der Waals surface area (Å²) in [6.07, 6.45) is 10.4. The van der Waals surface area contributed by atoms with Crippen LogP contribution >= 0.6 is 0 Å². The van der Waals surface area contributed by atoms with E-state index in [9.17, 15) is 5.26 Å². The van der Waals surface area contributed by atoms with Gasteiger partial charge in [-0.3, -0.25) is 0 Å². The SMILES string of the molecule is COc1cccc2c(CCNc3ncc(C#N)c(NC4CCCCC4)n3)c[nH]c12. The minimum atomic E-state index is 0.389. The number of hydrogen-bond donors (Lipinski definition) is 3. The Labute approximate surface area is 170 Å². The van der Waals surface area contributed by atoms with E-state index in [0.29, 0.717) is 29.9 Å². The highest BCUT2D eigenvalue weighted by Crippen LogP contribution is 2.27. The van der Waals surface area contributed by atoms with Crippen molar-refractivity contribution < 1.29 is 4.74 Å². The van der Waals surface area contributed by atoms with Gasteiger partial charge in [0.25, 0.3) is 0 Å². The summed E-state index contributed by atoms with van der Waals surface area (Å²) in [6.45, 7) is 0.693. The first kappa shape index (κ1) is 19.1. The molecule has 0 amide bonds. The van der Waals surface area contributed by atoms with Gasteiger partial charge in [-0.1, -0.05) is 31.4 Å². The first-order valence-electron chi connectivity index (χ1n) is 10.2. The van der Waals surface area contributed by atoms with Gasteiger partial charge in [-0.25, -0.2) is 4.98 Å². The van der Waals surface area contributed by atoms with E-state index in [1.165, 1.54) is 24.8 Å². The smallest absolute Gasteiger partial charge is 0.224 e. The Hall–Kier alpha value is -3.27. The number of anilines is 2. The third-order valence-corrected chi connectivity index (χ3v) is 5.52. The number of rotatable bonds is 7. The third kappa shape index (κ3) is 4.27. The number of fused-ring (bicyclic) bond motifs is 1. The molecule has 1 saturated carbocycles. The Balaban J connectivity index is 1.42. The zero-order chi connectivity index (χ0) is 20.1. The van der Waals surface area contributed by atoms with Crippen LogP contribution < -0.4 is 15.4 Å². The van der Waals surface area contributed by atoms with Crippen molar-refractivity contribution in [1.82, 2.24) is 15.0 Å². The quantitative estimate of drug-likeness (QED) is 0.558. The van der Waals surface area contributed by atoms with Gasteiger partial charge in [0.1, 0.15) is 23.2 Å². The number of nitriles is 1. The van der Waals surface area contributed by atoms with E-state index in [4.69, 9.17) is 4.74 Å². The summed E-state index contributed by atoms with van der Waals surface area (Å²) in [7, 11) is 1.68. The van der Waals surface area contributed by atoms with E-state index in [1.807, 2.05) is 18.3 Å². The molecular weight excluding hydrogens is 364 g/mol. The van der Waals surface area contributed by atoms with Gasteiger partial charge in [-0.15, -0.1) is 0 Å². The molecule has 1 aliphatic rings. The van der Waals surface area contributed by atoms with Crippen molar-refractivity contribution in [3.63, 3.8) is 0 Å². The second kappa shape index (κ2) is 8.82. The second-order valence-corrected chi connectivity index (χ2v) is 7.42. The highest BCUT2D eigenvalue weighted by Gasteiger charge is 2.16. The van der Waals surface area contributed by atoms with Crippen molar-refractivity contribution in [2.45, 2.75) is 44.6 Å². The molecule has 0 bridgehead atoms. The van der Waals surface area contributed by atoms with Crippen LogP contribution in [-0.4, -0.2) is 34.6 Å². The van der Waals surface area contributed by atoms with Gasteiger partial charge in [-0.05, 0) is 30.9 Å². The summed E-state index contributed by atoms with van der Waals surface area (Å²) in [6, 6.07) is 8.62. The highest BCUT2D eigenvalue weighted by molar-refractivity contribution is 5.88. The molecule has 0 atom stereocenters. The van der Waals surface area contributed by atoms with Gasteiger partial charge >= 0.3 is 0 Å². The monoisotopic (exact) mass is 390 g/mol. The number of H-pyrrole nitrogens is 1. The molecule has 1 fully saturated rings. The van der Waals surface area contributed by atoms with Gasteiger partial charge < -0.3 is 20.4 Å². The first-order chi connectivity index (χ1) is 14.3. The molecule has 3 N–H and O–H groups in total. The van der Waals surface area contributed by atoms with Crippen molar-refractivity contribution >= 4 is 22.7 Å².